The maximum atomic E-state index is 13.4. The maximum Gasteiger partial charge on any atom is 0.326 e. The summed E-state index contributed by atoms with van der Waals surface area (Å²) >= 11 is 0. The Kier molecular flexibility index (Phi) is 10.0. The highest BCUT2D eigenvalue weighted by Crippen LogP contribution is 2.20. The molecule has 5 atom stereocenters. The Balaban J connectivity index is 2.23. The molecule has 0 saturated carbocycles. The van der Waals surface area contributed by atoms with Crippen LogP contribution in [0.5, 0.6) is 0 Å². The van der Waals surface area contributed by atoms with Gasteiger partial charge in [-0.15, -0.1) is 0 Å². The average molecular weight is 475 g/mol. The first-order valence-electron chi connectivity index (χ1n) is 12.0. The molecule has 1 aliphatic heterocycles. The Morgan fingerprint density at radius 3 is 2.29 bits per heavy atom. The highest BCUT2D eigenvalue weighted by molar-refractivity contribution is 5.94. The minimum atomic E-state index is -1.05. The zero-order chi connectivity index (χ0) is 25.4. The van der Waals surface area contributed by atoms with Gasteiger partial charge in [0, 0.05) is 13.0 Å². The Bertz CT molecular complexity index is 860. The molecule has 0 aromatic heterocycles. The van der Waals surface area contributed by atoms with E-state index >= 15 is 0 Å². The predicted molar refractivity (Wildman–Crippen MR) is 129 cm³/mol. The van der Waals surface area contributed by atoms with Crippen LogP contribution in [0.4, 0.5) is 0 Å². The summed E-state index contributed by atoms with van der Waals surface area (Å²) in [6, 6.07) is 5.71. The molecule has 1 saturated heterocycles. The number of nitrogens with two attached hydrogens (primary N) is 1. The van der Waals surface area contributed by atoms with Crippen LogP contribution in [0.15, 0.2) is 30.3 Å². The van der Waals surface area contributed by atoms with Gasteiger partial charge in [0.1, 0.15) is 18.1 Å². The lowest BCUT2D eigenvalue weighted by Gasteiger charge is -2.30. The van der Waals surface area contributed by atoms with Gasteiger partial charge in [-0.1, -0.05) is 64.4 Å². The topological polar surface area (TPSA) is 142 Å². The van der Waals surface area contributed by atoms with Gasteiger partial charge in [0.15, 0.2) is 0 Å². The average Bonchev–Trinajstić information content (AvgIpc) is 3.31. The molecule has 34 heavy (non-hydrogen) atoms. The first-order valence-corrected chi connectivity index (χ1v) is 12.0. The molecule has 1 fully saturated rings. The van der Waals surface area contributed by atoms with Crippen molar-refractivity contribution in [2.45, 2.75) is 77.5 Å². The molecule has 9 nitrogen and oxygen atoms in total. The zero-order valence-electron chi connectivity index (χ0n) is 20.5. The standard InChI is InChI=1S/C25H38N4O5/c1-5-16(4)20(26)22(30)28-21(15(2)3)23(31)27-18(14-17-10-7-6-8-11-17)24(32)29-13-9-12-19(29)25(33)34/h6-8,10-11,15-16,18-21H,5,9,12-14,26H2,1-4H3,(H,27,31)(H,28,30)(H,33,34). The molecule has 0 bridgehead atoms. The van der Waals surface area contributed by atoms with Crippen molar-refractivity contribution >= 4 is 23.7 Å². The number of carboxylic acid groups (broad SMARTS) is 1. The van der Waals surface area contributed by atoms with E-state index in [2.05, 4.69) is 10.6 Å². The maximum absolute atomic E-state index is 13.4. The largest absolute Gasteiger partial charge is 0.480 e. The predicted octanol–water partition coefficient (Wildman–Crippen LogP) is 1.30. The van der Waals surface area contributed by atoms with Crippen LogP contribution in [0, 0.1) is 11.8 Å². The number of hydrogen-bond donors (Lipinski definition) is 4. The number of amides is 3. The van der Waals surface area contributed by atoms with Gasteiger partial charge in [0.05, 0.1) is 6.04 Å². The van der Waals surface area contributed by atoms with Gasteiger partial charge in [-0.25, -0.2) is 4.79 Å². The quantitative estimate of drug-likeness (QED) is 0.381. The third kappa shape index (κ3) is 7.03. The summed E-state index contributed by atoms with van der Waals surface area (Å²) in [6.45, 7) is 7.73. The van der Waals surface area contributed by atoms with Crippen LogP contribution in [-0.2, 0) is 25.6 Å². The van der Waals surface area contributed by atoms with Crippen molar-refractivity contribution in [3.8, 4) is 0 Å². The van der Waals surface area contributed by atoms with E-state index in [0.29, 0.717) is 19.4 Å². The van der Waals surface area contributed by atoms with E-state index in [4.69, 9.17) is 5.73 Å². The number of nitrogens with zero attached hydrogens (tertiary/aromatic N) is 1. The third-order valence-electron chi connectivity index (χ3n) is 6.52. The molecule has 5 N–H and O–H groups in total. The van der Waals surface area contributed by atoms with Crippen molar-refractivity contribution in [1.29, 1.82) is 0 Å². The monoisotopic (exact) mass is 474 g/mol. The van der Waals surface area contributed by atoms with E-state index < -0.39 is 47.9 Å². The molecule has 188 valence electrons. The molecule has 1 aliphatic rings. The lowest BCUT2D eigenvalue weighted by Crippen LogP contribution is -2.59. The number of rotatable bonds is 11. The molecule has 2 rings (SSSR count). The van der Waals surface area contributed by atoms with Crippen molar-refractivity contribution < 1.29 is 24.3 Å². The Labute approximate surface area is 201 Å². The molecule has 3 amide bonds. The number of benzene rings is 1. The van der Waals surface area contributed by atoms with Crippen LogP contribution in [0.25, 0.3) is 0 Å². The first-order chi connectivity index (χ1) is 16.1. The van der Waals surface area contributed by atoms with Crippen LogP contribution in [-0.4, -0.2) is 64.4 Å². The van der Waals surface area contributed by atoms with E-state index in [-0.39, 0.29) is 18.3 Å². The second kappa shape index (κ2) is 12.5. The number of hydrogen-bond acceptors (Lipinski definition) is 5. The van der Waals surface area contributed by atoms with Crippen LogP contribution in [0.1, 0.15) is 52.5 Å². The number of likely N-dealkylation sites (tertiary alicyclic amines) is 1. The van der Waals surface area contributed by atoms with Crippen molar-refractivity contribution in [2.75, 3.05) is 6.54 Å². The van der Waals surface area contributed by atoms with Crippen molar-refractivity contribution in [3.63, 3.8) is 0 Å². The summed E-state index contributed by atoms with van der Waals surface area (Å²) in [5, 5.41) is 15.1. The number of carboxylic acids is 1. The molecule has 1 aromatic rings. The fourth-order valence-corrected chi connectivity index (χ4v) is 4.10. The minimum Gasteiger partial charge on any atom is -0.480 e. The summed E-state index contributed by atoms with van der Waals surface area (Å²) in [6.07, 6.45) is 1.90. The van der Waals surface area contributed by atoms with E-state index in [0.717, 1.165) is 12.0 Å². The molecule has 1 heterocycles. The van der Waals surface area contributed by atoms with Crippen molar-refractivity contribution in [2.24, 2.45) is 17.6 Å². The van der Waals surface area contributed by atoms with Gasteiger partial charge in [0.25, 0.3) is 0 Å². The Hall–Kier alpha value is -2.94. The lowest BCUT2D eigenvalue weighted by molar-refractivity contribution is -0.149. The summed E-state index contributed by atoms with van der Waals surface area (Å²) in [5.41, 5.74) is 6.87. The smallest absolute Gasteiger partial charge is 0.326 e. The summed E-state index contributed by atoms with van der Waals surface area (Å²) < 4.78 is 0. The van der Waals surface area contributed by atoms with Crippen molar-refractivity contribution in [1.82, 2.24) is 15.5 Å². The molecule has 1 aromatic carbocycles. The fraction of sp³-hybridized carbons (Fsp3) is 0.600. The normalized spacial score (nSPS) is 19.2. The van der Waals surface area contributed by atoms with Crippen LogP contribution in [0.2, 0.25) is 0 Å². The van der Waals surface area contributed by atoms with Crippen LogP contribution >= 0.6 is 0 Å². The molecular formula is C25H38N4O5. The second-order valence-corrected chi connectivity index (χ2v) is 9.42. The summed E-state index contributed by atoms with van der Waals surface area (Å²) in [5.74, 6) is -2.71. The van der Waals surface area contributed by atoms with E-state index in [1.165, 1.54) is 4.90 Å². The number of carbonyl (C=O) groups excluding carboxylic acids is 3. The van der Waals surface area contributed by atoms with E-state index in [1.807, 2.05) is 44.2 Å². The molecule has 0 aliphatic carbocycles. The highest BCUT2D eigenvalue weighted by Gasteiger charge is 2.39. The molecule has 5 unspecified atom stereocenters. The SMILES string of the molecule is CCC(C)C(N)C(=O)NC(C(=O)NC(Cc1ccccc1)C(=O)N1CCCC1C(=O)O)C(C)C. The zero-order valence-corrected chi connectivity index (χ0v) is 20.5. The van der Waals surface area contributed by atoms with Crippen molar-refractivity contribution in [3.05, 3.63) is 35.9 Å². The van der Waals surface area contributed by atoms with Gasteiger partial charge in [-0.2, -0.15) is 0 Å². The van der Waals surface area contributed by atoms with E-state index in [9.17, 15) is 24.3 Å². The van der Waals surface area contributed by atoms with Crippen LogP contribution < -0.4 is 16.4 Å². The molecular weight excluding hydrogens is 436 g/mol. The molecule has 0 radical (unpaired) electrons. The first kappa shape index (κ1) is 27.3. The molecule has 0 spiro atoms. The summed E-state index contributed by atoms with van der Waals surface area (Å²) in [7, 11) is 0. The summed E-state index contributed by atoms with van der Waals surface area (Å²) in [4.78, 5) is 52.3. The van der Waals surface area contributed by atoms with Gasteiger partial charge in [-0.05, 0) is 30.2 Å². The highest BCUT2D eigenvalue weighted by atomic mass is 16.4. The van der Waals surface area contributed by atoms with Gasteiger partial charge in [-0.3, -0.25) is 14.4 Å². The van der Waals surface area contributed by atoms with Gasteiger partial charge < -0.3 is 26.4 Å². The molecule has 9 heteroatoms. The van der Waals surface area contributed by atoms with E-state index in [1.54, 1.807) is 13.8 Å². The number of aliphatic carboxylic acids is 1. The van der Waals surface area contributed by atoms with Gasteiger partial charge >= 0.3 is 5.97 Å². The van der Waals surface area contributed by atoms with Gasteiger partial charge in [0.2, 0.25) is 17.7 Å². The number of nitrogens with one attached hydrogen (secondary N) is 2. The number of carbonyl (C=O) groups is 4. The lowest BCUT2D eigenvalue weighted by atomic mass is 9.97. The fourth-order valence-electron chi connectivity index (χ4n) is 4.10. The van der Waals surface area contributed by atoms with Crippen LogP contribution in [0.3, 0.4) is 0 Å². The third-order valence-corrected chi connectivity index (χ3v) is 6.52. The minimum absolute atomic E-state index is 0.0496. The Morgan fingerprint density at radius 2 is 1.74 bits per heavy atom. The second-order valence-electron chi connectivity index (χ2n) is 9.42. The Morgan fingerprint density at radius 1 is 1.09 bits per heavy atom.